The van der Waals surface area contributed by atoms with Gasteiger partial charge >= 0.3 is 0 Å². The molecule has 20 heavy (non-hydrogen) atoms. The van der Waals surface area contributed by atoms with Crippen molar-refractivity contribution in [3.8, 4) is 0 Å². The Morgan fingerprint density at radius 2 is 2.05 bits per heavy atom. The molecule has 0 spiro atoms. The first-order chi connectivity index (χ1) is 9.36. The van der Waals surface area contributed by atoms with Gasteiger partial charge in [0, 0.05) is 0 Å². The molecule has 2 amide bonds. The SMILES string of the molecule is CCC1C(=O)NC(C)C(=O)N1c1cc(F)c(Br)cc1C. The molecule has 1 aliphatic rings. The number of benzene rings is 1. The molecule has 2 atom stereocenters. The van der Waals surface area contributed by atoms with Gasteiger partial charge in [0.1, 0.15) is 17.9 Å². The van der Waals surface area contributed by atoms with Crippen molar-refractivity contribution in [3.05, 3.63) is 28.0 Å². The molecule has 2 rings (SSSR count). The van der Waals surface area contributed by atoms with Gasteiger partial charge in [0.2, 0.25) is 11.8 Å². The number of nitrogens with one attached hydrogen (secondary N) is 1. The second-order valence-corrected chi connectivity index (χ2v) is 5.77. The van der Waals surface area contributed by atoms with Crippen molar-refractivity contribution in [3.63, 3.8) is 0 Å². The number of carbonyl (C=O) groups excluding carboxylic acids is 2. The highest BCUT2D eigenvalue weighted by molar-refractivity contribution is 9.10. The Balaban J connectivity index is 2.54. The van der Waals surface area contributed by atoms with Crippen LogP contribution >= 0.6 is 15.9 Å². The maximum Gasteiger partial charge on any atom is 0.250 e. The molecule has 0 aliphatic carbocycles. The first-order valence-electron chi connectivity index (χ1n) is 6.46. The van der Waals surface area contributed by atoms with E-state index in [2.05, 4.69) is 21.2 Å². The monoisotopic (exact) mass is 342 g/mol. The van der Waals surface area contributed by atoms with Gasteiger partial charge in [-0.2, -0.15) is 0 Å². The van der Waals surface area contributed by atoms with Gasteiger partial charge in [-0.15, -0.1) is 0 Å². The van der Waals surface area contributed by atoms with E-state index in [1.54, 1.807) is 19.9 Å². The van der Waals surface area contributed by atoms with Crippen molar-refractivity contribution in [2.75, 3.05) is 4.90 Å². The van der Waals surface area contributed by atoms with Gasteiger partial charge in [-0.1, -0.05) is 6.92 Å². The maximum atomic E-state index is 13.8. The number of carbonyl (C=O) groups is 2. The lowest BCUT2D eigenvalue weighted by Gasteiger charge is -2.38. The number of aryl methyl sites for hydroxylation is 1. The van der Waals surface area contributed by atoms with Crippen LogP contribution in [0.15, 0.2) is 16.6 Å². The molecule has 108 valence electrons. The molecular weight excluding hydrogens is 327 g/mol. The van der Waals surface area contributed by atoms with E-state index in [4.69, 9.17) is 0 Å². The minimum atomic E-state index is -0.601. The molecule has 0 saturated carbocycles. The highest BCUT2D eigenvalue weighted by atomic mass is 79.9. The quantitative estimate of drug-likeness (QED) is 0.897. The average Bonchev–Trinajstić information content (AvgIpc) is 2.38. The molecule has 0 radical (unpaired) electrons. The van der Waals surface area contributed by atoms with Gasteiger partial charge in [0.05, 0.1) is 10.2 Å². The van der Waals surface area contributed by atoms with E-state index in [-0.39, 0.29) is 11.8 Å². The highest BCUT2D eigenvalue weighted by Crippen LogP contribution is 2.30. The van der Waals surface area contributed by atoms with Gasteiger partial charge in [-0.05, 0) is 53.9 Å². The Morgan fingerprint density at radius 1 is 1.40 bits per heavy atom. The summed E-state index contributed by atoms with van der Waals surface area (Å²) in [6, 6.07) is 1.71. The van der Waals surface area contributed by atoms with Crippen LogP contribution in [-0.2, 0) is 9.59 Å². The predicted molar refractivity (Wildman–Crippen MR) is 78.0 cm³/mol. The van der Waals surface area contributed by atoms with Crippen molar-refractivity contribution < 1.29 is 14.0 Å². The van der Waals surface area contributed by atoms with E-state index in [1.807, 2.05) is 6.92 Å². The minimum Gasteiger partial charge on any atom is -0.343 e. The molecule has 1 N–H and O–H groups in total. The second-order valence-electron chi connectivity index (χ2n) is 4.92. The summed E-state index contributed by atoms with van der Waals surface area (Å²) >= 11 is 3.12. The van der Waals surface area contributed by atoms with E-state index >= 15 is 0 Å². The summed E-state index contributed by atoms with van der Waals surface area (Å²) in [6.45, 7) is 5.24. The third-order valence-corrected chi connectivity index (χ3v) is 4.07. The number of rotatable bonds is 2. The molecule has 1 aromatic rings. The zero-order valence-corrected chi connectivity index (χ0v) is 13.1. The zero-order valence-electron chi connectivity index (χ0n) is 11.5. The van der Waals surface area contributed by atoms with E-state index in [0.717, 1.165) is 5.56 Å². The number of hydrogen-bond acceptors (Lipinski definition) is 2. The number of anilines is 1. The van der Waals surface area contributed by atoms with Crippen molar-refractivity contribution >= 4 is 33.4 Å². The van der Waals surface area contributed by atoms with E-state index in [0.29, 0.717) is 16.6 Å². The fourth-order valence-electron chi connectivity index (χ4n) is 2.40. The molecule has 6 heteroatoms. The van der Waals surface area contributed by atoms with Gasteiger partial charge in [-0.25, -0.2) is 4.39 Å². The van der Waals surface area contributed by atoms with Crippen molar-refractivity contribution in [2.24, 2.45) is 0 Å². The lowest BCUT2D eigenvalue weighted by molar-refractivity contribution is -0.133. The summed E-state index contributed by atoms with van der Waals surface area (Å²) in [5.41, 5.74) is 1.19. The number of nitrogens with zero attached hydrogens (tertiary/aromatic N) is 1. The molecule has 2 unspecified atom stereocenters. The van der Waals surface area contributed by atoms with Crippen LogP contribution in [0.5, 0.6) is 0 Å². The summed E-state index contributed by atoms with van der Waals surface area (Å²) < 4.78 is 14.1. The second kappa shape index (κ2) is 5.52. The maximum absolute atomic E-state index is 13.8. The van der Waals surface area contributed by atoms with Gasteiger partial charge in [0.15, 0.2) is 0 Å². The fourth-order valence-corrected chi connectivity index (χ4v) is 2.86. The van der Waals surface area contributed by atoms with E-state index in [1.165, 1.54) is 11.0 Å². The van der Waals surface area contributed by atoms with Crippen molar-refractivity contribution in [1.29, 1.82) is 0 Å². The molecule has 1 saturated heterocycles. The highest BCUT2D eigenvalue weighted by Gasteiger charge is 2.39. The molecule has 1 heterocycles. The summed E-state index contributed by atoms with van der Waals surface area (Å²) in [7, 11) is 0. The Labute approximate surface area is 125 Å². The van der Waals surface area contributed by atoms with Crippen LogP contribution in [0.1, 0.15) is 25.8 Å². The van der Waals surface area contributed by atoms with Crippen LogP contribution in [0, 0.1) is 12.7 Å². The number of amides is 2. The average molecular weight is 343 g/mol. The molecule has 4 nitrogen and oxygen atoms in total. The normalized spacial score (nSPS) is 22.9. The topological polar surface area (TPSA) is 49.4 Å². The molecule has 0 aromatic heterocycles. The number of halogens is 2. The first kappa shape index (κ1) is 15.0. The third-order valence-electron chi connectivity index (χ3n) is 3.47. The van der Waals surface area contributed by atoms with Crippen LogP contribution in [-0.4, -0.2) is 23.9 Å². The molecular formula is C14H16BrFN2O2. The van der Waals surface area contributed by atoms with Gasteiger partial charge in [0.25, 0.3) is 0 Å². The largest absolute Gasteiger partial charge is 0.343 e. The fraction of sp³-hybridized carbons (Fsp3) is 0.429. The van der Waals surface area contributed by atoms with Crippen molar-refractivity contribution in [1.82, 2.24) is 5.32 Å². The number of hydrogen-bond donors (Lipinski definition) is 1. The summed E-state index contributed by atoms with van der Waals surface area (Å²) in [5, 5.41) is 2.64. The van der Waals surface area contributed by atoms with Crippen LogP contribution in [0.3, 0.4) is 0 Å². The standard InChI is InChI=1S/C14H16BrFN2O2/c1-4-11-13(19)17-8(3)14(20)18(11)12-6-10(16)9(15)5-7(12)2/h5-6,8,11H,4H2,1-3H3,(H,17,19). The predicted octanol–water partition coefficient (Wildman–Crippen LogP) is 2.53. The van der Waals surface area contributed by atoms with Crippen LogP contribution in [0.2, 0.25) is 0 Å². The van der Waals surface area contributed by atoms with E-state index < -0.39 is 17.9 Å². The Hall–Kier alpha value is -1.43. The minimum absolute atomic E-state index is 0.206. The van der Waals surface area contributed by atoms with E-state index in [9.17, 15) is 14.0 Å². The summed E-state index contributed by atoms with van der Waals surface area (Å²) in [4.78, 5) is 25.8. The first-order valence-corrected chi connectivity index (χ1v) is 7.25. The molecule has 0 bridgehead atoms. The molecule has 1 fully saturated rings. The summed E-state index contributed by atoms with van der Waals surface area (Å²) in [6.07, 6.45) is 0.474. The third kappa shape index (κ3) is 2.44. The zero-order chi connectivity index (χ0) is 15.0. The lowest BCUT2D eigenvalue weighted by atomic mass is 10.0. The van der Waals surface area contributed by atoms with Crippen molar-refractivity contribution in [2.45, 2.75) is 39.3 Å². The number of piperazine rings is 1. The summed E-state index contributed by atoms with van der Waals surface area (Å²) in [5.74, 6) is -0.879. The lowest BCUT2D eigenvalue weighted by Crippen LogP contribution is -2.62. The molecule has 1 aliphatic heterocycles. The Bertz CT molecular complexity index is 577. The van der Waals surface area contributed by atoms with Gasteiger partial charge < -0.3 is 5.32 Å². The van der Waals surface area contributed by atoms with Crippen LogP contribution in [0.4, 0.5) is 10.1 Å². The molecule has 1 aromatic carbocycles. The Morgan fingerprint density at radius 3 is 2.65 bits per heavy atom. The van der Waals surface area contributed by atoms with Crippen LogP contribution in [0.25, 0.3) is 0 Å². The smallest absolute Gasteiger partial charge is 0.250 e. The van der Waals surface area contributed by atoms with Crippen LogP contribution < -0.4 is 10.2 Å². The Kier molecular flexibility index (Phi) is 4.13. The van der Waals surface area contributed by atoms with Gasteiger partial charge in [-0.3, -0.25) is 14.5 Å².